The van der Waals surface area contributed by atoms with E-state index in [9.17, 15) is 0 Å². The zero-order valence-electron chi connectivity index (χ0n) is 12.6. The molecule has 0 radical (unpaired) electrons. The smallest absolute Gasteiger partial charge is 0.178 e. The first kappa shape index (κ1) is 13.8. The predicted octanol–water partition coefficient (Wildman–Crippen LogP) is 3.74. The van der Waals surface area contributed by atoms with Gasteiger partial charge in [-0.05, 0) is 75.2 Å². The lowest BCUT2D eigenvalue weighted by molar-refractivity contribution is 0.121. The Morgan fingerprint density at radius 1 is 1.30 bits per heavy atom. The topological polar surface area (TPSA) is 24.0 Å². The molecule has 1 aromatic carbocycles. The molecule has 0 aliphatic carbocycles. The van der Waals surface area contributed by atoms with Crippen LogP contribution in [0.1, 0.15) is 25.3 Å². The second-order valence-corrected chi connectivity index (χ2v) is 7.04. The predicted molar refractivity (Wildman–Crippen MR) is 86.7 cm³/mol. The molecule has 2 aromatic rings. The highest BCUT2D eigenvalue weighted by Crippen LogP contribution is 2.33. The number of likely N-dealkylation sites (tertiary alicyclic amines) is 1. The lowest BCUT2D eigenvalue weighted by atomic mass is 9.80. The number of benzene rings is 1. The van der Waals surface area contributed by atoms with Crippen LogP contribution in [0.4, 0.5) is 0 Å². The van der Waals surface area contributed by atoms with Crippen LogP contribution in [0.25, 0.3) is 11.0 Å². The SMILES string of the molecule is Cc1ccc2[nH]c(=S)n(CC3(C)CCN(C)CC3)c2c1. The van der Waals surface area contributed by atoms with Crippen LogP contribution in [0.2, 0.25) is 0 Å². The molecule has 0 saturated carbocycles. The van der Waals surface area contributed by atoms with Crippen LogP contribution in [0.5, 0.6) is 0 Å². The molecule has 1 aliphatic rings. The van der Waals surface area contributed by atoms with E-state index in [-0.39, 0.29) is 0 Å². The standard InChI is InChI=1S/C16H23N3S/c1-12-4-5-13-14(10-12)19(15(20)17-13)11-16(2)6-8-18(3)9-7-16/h4-5,10H,6-9,11H2,1-3H3,(H,17,20). The van der Waals surface area contributed by atoms with E-state index < -0.39 is 0 Å². The number of nitrogens with one attached hydrogen (secondary N) is 1. The van der Waals surface area contributed by atoms with E-state index in [0.29, 0.717) is 5.41 Å². The van der Waals surface area contributed by atoms with Gasteiger partial charge in [-0.1, -0.05) is 13.0 Å². The van der Waals surface area contributed by atoms with Crippen molar-refractivity contribution in [2.45, 2.75) is 33.2 Å². The molecule has 0 amide bonds. The van der Waals surface area contributed by atoms with E-state index >= 15 is 0 Å². The molecule has 0 unspecified atom stereocenters. The maximum absolute atomic E-state index is 5.53. The molecular formula is C16H23N3S. The van der Waals surface area contributed by atoms with Gasteiger partial charge in [0.15, 0.2) is 4.77 Å². The highest BCUT2D eigenvalue weighted by molar-refractivity contribution is 7.71. The second-order valence-electron chi connectivity index (χ2n) is 6.65. The van der Waals surface area contributed by atoms with Crippen molar-refractivity contribution in [1.82, 2.24) is 14.5 Å². The molecule has 1 saturated heterocycles. The molecule has 108 valence electrons. The summed E-state index contributed by atoms with van der Waals surface area (Å²) in [5, 5.41) is 0. The van der Waals surface area contributed by atoms with Crippen LogP contribution in [0.15, 0.2) is 18.2 Å². The van der Waals surface area contributed by atoms with Gasteiger partial charge in [0, 0.05) is 6.54 Å². The number of aromatic amines is 1. The third kappa shape index (κ3) is 2.54. The minimum atomic E-state index is 0.351. The number of aromatic nitrogens is 2. The van der Waals surface area contributed by atoms with Gasteiger partial charge < -0.3 is 14.5 Å². The number of aryl methyl sites for hydroxylation is 1. The third-order valence-electron chi connectivity index (χ3n) is 4.66. The van der Waals surface area contributed by atoms with Crippen LogP contribution in [0, 0.1) is 17.1 Å². The van der Waals surface area contributed by atoms with Crippen molar-refractivity contribution in [2.75, 3.05) is 20.1 Å². The maximum atomic E-state index is 5.53. The highest BCUT2D eigenvalue weighted by Gasteiger charge is 2.29. The largest absolute Gasteiger partial charge is 0.331 e. The minimum Gasteiger partial charge on any atom is -0.331 e. The van der Waals surface area contributed by atoms with E-state index in [1.807, 2.05) is 0 Å². The highest BCUT2D eigenvalue weighted by atomic mass is 32.1. The van der Waals surface area contributed by atoms with Gasteiger partial charge in [0.2, 0.25) is 0 Å². The van der Waals surface area contributed by atoms with Crippen LogP contribution in [-0.2, 0) is 6.54 Å². The molecule has 1 N–H and O–H groups in total. The Morgan fingerprint density at radius 2 is 2.00 bits per heavy atom. The van der Waals surface area contributed by atoms with Gasteiger partial charge in [0.1, 0.15) is 0 Å². The van der Waals surface area contributed by atoms with Gasteiger partial charge in [-0.3, -0.25) is 0 Å². The van der Waals surface area contributed by atoms with E-state index in [1.165, 1.54) is 37.0 Å². The van der Waals surface area contributed by atoms with Gasteiger partial charge in [0.25, 0.3) is 0 Å². The lowest BCUT2D eigenvalue weighted by Crippen LogP contribution is -2.38. The molecule has 3 rings (SSSR count). The number of nitrogens with zero attached hydrogens (tertiary/aromatic N) is 2. The Bertz CT molecular complexity index is 675. The van der Waals surface area contributed by atoms with Gasteiger partial charge in [-0.15, -0.1) is 0 Å². The molecule has 1 aliphatic heterocycles. The van der Waals surface area contributed by atoms with Crippen LogP contribution >= 0.6 is 12.2 Å². The summed E-state index contributed by atoms with van der Waals surface area (Å²) in [6, 6.07) is 6.50. The van der Waals surface area contributed by atoms with E-state index in [4.69, 9.17) is 12.2 Å². The van der Waals surface area contributed by atoms with Gasteiger partial charge in [0.05, 0.1) is 11.0 Å². The van der Waals surface area contributed by atoms with Gasteiger partial charge >= 0.3 is 0 Å². The molecule has 4 heteroatoms. The quantitative estimate of drug-likeness (QED) is 0.852. The average Bonchev–Trinajstić information content (AvgIpc) is 2.70. The maximum Gasteiger partial charge on any atom is 0.178 e. The summed E-state index contributed by atoms with van der Waals surface area (Å²) >= 11 is 5.53. The first-order valence-corrected chi connectivity index (χ1v) is 7.75. The summed E-state index contributed by atoms with van der Waals surface area (Å²) in [4.78, 5) is 5.75. The van der Waals surface area contributed by atoms with E-state index in [2.05, 4.69) is 53.5 Å². The van der Waals surface area contributed by atoms with Crippen molar-refractivity contribution in [2.24, 2.45) is 5.41 Å². The minimum absolute atomic E-state index is 0.351. The van der Waals surface area contributed by atoms with Crippen molar-refractivity contribution in [3.63, 3.8) is 0 Å². The van der Waals surface area contributed by atoms with Crippen LogP contribution in [0.3, 0.4) is 0 Å². The molecule has 0 bridgehead atoms. The Balaban J connectivity index is 1.96. The van der Waals surface area contributed by atoms with Crippen molar-refractivity contribution < 1.29 is 0 Å². The molecule has 20 heavy (non-hydrogen) atoms. The first-order chi connectivity index (χ1) is 9.47. The number of imidazole rings is 1. The number of hydrogen-bond donors (Lipinski definition) is 1. The first-order valence-electron chi connectivity index (χ1n) is 7.35. The molecule has 2 heterocycles. The number of fused-ring (bicyclic) bond motifs is 1. The zero-order chi connectivity index (χ0) is 14.3. The Kier molecular flexibility index (Phi) is 3.46. The lowest BCUT2D eigenvalue weighted by Gasteiger charge is -2.38. The van der Waals surface area contributed by atoms with Crippen molar-refractivity contribution >= 4 is 23.3 Å². The second kappa shape index (κ2) is 5.01. The fraction of sp³-hybridized carbons (Fsp3) is 0.562. The molecule has 1 aromatic heterocycles. The molecule has 0 atom stereocenters. The van der Waals surface area contributed by atoms with Crippen LogP contribution in [-0.4, -0.2) is 34.6 Å². The summed E-state index contributed by atoms with van der Waals surface area (Å²) in [7, 11) is 2.21. The Labute approximate surface area is 125 Å². The van der Waals surface area contributed by atoms with Gasteiger partial charge in [-0.2, -0.15) is 0 Å². The molecular weight excluding hydrogens is 266 g/mol. The fourth-order valence-electron chi connectivity index (χ4n) is 3.12. The summed E-state index contributed by atoms with van der Waals surface area (Å²) in [5.41, 5.74) is 4.03. The summed E-state index contributed by atoms with van der Waals surface area (Å²) in [6.07, 6.45) is 2.48. The van der Waals surface area contributed by atoms with Crippen molar-refractivity contribution in [1.29, 1.82) is 0 Å². The number of hydrogen-bond acceptors (Lipinski definition) is 2. The van der Waals surface area contributed by atoms with Crippen LogP contribution < -0.4 is 0 Å². The van der Waals surface area contributed by atoms with E-state index in [0.717, 1.165) is 16.8 Å². The van der Waals surface area contributed by atoms with Crippen molar-refractivity contribution in [3.05, 3.63) is 28.5 Å². The Morgan fingerprint density at radius 3 is 2.70 bits per heavy atom. The molecule has 3 nitrogen and oxygen atoms in total. The summed E-state index contributed by atoms with van der Waals surface area (Å²) in [6.45, 7) is 7.92. The normalized spacial score (nSPS) is 19.6. The number of H-pyrrole nitrogens is 1. The third-order valence-corrected chi connectivity index (χ3v) is 4.99. The summed E-state index contributed by atoms with van der Waals surface area (Å²) < 4.78 is 3.15. The zero-order valence-corrected chi connectivity index (χ0v) is 13.4. The monoisotopic (exact) mass is 289 g/mol. The van der Waals surface area contributed by atoms with Gasteiger partial charge in [-0.25, -0.2) is 0 Å². The van der Waals surface area contributed by atoms with Crippen molar-refractivity contribution in [3.8, 4) is 0 Å². The van der Waals surface area contributed by atoms with E-state index in [1.54, 1.807) is 0 Å². The molecule has 1 fully saturated rings. The average molecular weight is 289 g/mol. The number of piperidine rings is 1. The summed E-state index contributed by atoms with van der Waals surface area (Å²) in [5.74, 6) is 0. The molecule has 0 spiro atoms. The number of rotatable bonds is 2. The Hall–Kier alpha value is -1.13. The fourth-order valence-corrected chi connectivity index (χ4v) is 3.39.